The van der Waals surface area contributed by atoms with Gasteiger partial charge < -0.3 is 9.64 Å². The van der Waals surface area contributed by atoms with Crippen LogP contribution < -0.4 is 0 Å². The first-order valence-electron chi connectivity index (χ1n) is 9.36. The van der Waals surface area contributed by atoms with Gasteiger partial charge in [0.2, 0.25) is 5.91 Å². The number of halogens is 3. The highest BCUT2D eigenvalue weighted by molar-refractivity contribution is 5.84. The molecule has 2 fully saturated rings. The summed E-state index contributed by atoms with van der Waals surface area (Å²) in [6.45, 7) is 1.22. The first kappa shape index (κ1) is 20.6. The molecule has 8 heteroatoms. The molecule has 1 aromatic rings. The van der Waals surface area contributed by atoms with E-state index in [1.54, 1.807) is 23.0 Å². The van der Waals surface area contributed by atoms with Gasteiger partial charge in [-0.2, -0.15) is 5.26 Å². The lowest BCUT2D eigenvalue weighted by molar-refractivity contribution is -0.170. The molecule has 1 atom stereocenters. The van der Waals surface area contributed by atoms with Gasteiger partial charge in [0.15, 0.2) is 0 Å². The Hall–Kier alpha value is -2.11. The lowest BCUT2D eigenvalue weighted by atomic mass is 9.71. The van der Waals surface area contributed by atoms with E-state index >= 15 is 0 Å². The van der Waals surface area contributed by atoms with Gasteiger partial charge in [0, 0.05) is 39.7 Å². The number of methoxy groups -OCH3 is 1. The number of carbonyl (C=O) groups is 1. The van der Waals surface area contributed by atoms with Crippen LogP contribution in [0.4, 0.5) is 13.2 Å². The number of nitrogens with zero attached hydrogens (tertiary/aromatic N) is 3. The molecule has 0 bridgehead atoms. The molecular weight excluding hydrogens is 371 g/mol. The fourth-order valence-corrected chi connectivity index (χ4v) is 4.42. The van der Waals surface area contributed by atoms with Crippen LogP contribution in [0.5, 0.6) is 0 Å². The van der Waals surface area contributed by atoms with Crippen LogP contribution in [0.1, 0.15) is 30.4 Å². The molecule has 0 aromatic heterocycles. The number of hydrogen-bond donors (Lipinski definition) is 0. The van der Waals surface area contributed by atoms with Crippen LogP contribution in [0.3, 0.4) is 0 Å². The van der Waals surface area contributed by atoms with Gasteiger partial charge >= 0.3 is 0 Å². The summed E-state index contributed by atoms with van der Waals surface area (Å²) in [4.78, 5) is 16.2. The van der Waals surface area contributed by atoms with Crippen LogP contribution in [-0.2, 0) is 16.1 Å². The van der Waals surface area contributed by atoms with Gasteiger partial charge in [0.1, 0.15) is 11.9 Å². The van der Waals surface area contributed by atoms with Crippen LogP contribution >= 0.6 is 0 Å². The van der Waals surface area contributed by atoms with E-state index in [0.717, 1.165) is 0 Å². The number of likely N-dealkylation sites (tertiary alicyclic amines) is 2. The molecule has 2 aliphatic rings. The molecule has 2 aliphatic heterocycles. The Morgan fingerprint density at radius 3 is 2.82 bits per heavy atom. The predicted molar refractivity (Wildman–Crippen MR) is 96.1 cm³/mol. The SMILES string of the molecule is COCCN1CCC[C@@]2(CN(Cc3ccc(F)c(C#N)c3)CC(F)(F)C2)C1=O. The molecule has 1 aromatic carbocycles. The molecule has 0 unspecified atom stereocenters. The molecule has 0 aliphatic carbocycles. The highest BCUT2D eigenvalue weighted by Gasteiger charge is 2.54. The summed E-state index contributed by atoms with van der Waals surface area (Å²) >= 11 is 0. The largest absolute Gasteiger partial charge is 0.383 e. The number of carbonyl (C=O) groups excluding carboxylic acids is 1. The second kappa shape index (κ2) is 8.10. The van der Waals surface area contributed by atoms with Gasteiger partial charge in [-0.1, -0.05) is 6.07 Å². The summed E-state index contributed by atoms with van der Waals surface area (Å²) in [6.07, 6.45) is 0.647. The first-order valence-corrected chi connectivity index (χ1v) is 9.36. The van der Waals surface area contributed by atoms with E-state index in [9.17, 15) is 18.0 Å². The molecule has 0 radical (unpaired) electrons. The van der Waals surface area contributed by atoms with E-state index in [4.69, 9.17) is 10.00 Å². The van der Waals surface area contributed by atoms with Crippen LogP contribution in [0.2, 0.25) is 0 Å². The summed E-state index contributed by atoms with van der Waals surface area (Å²) in [7, 11) is 1.54. The molecule has 28 heavy (non-hydrogen) atoms. The van der Waals surface area contributed by atoms with E-state index in [0.29, 0.717) is 38.1 Å². The topological polar surface area (TPSA) is 56.6 Å². The summed E-state index contributed by atoms with van der Waals surface area (Å²) in [6, 6.07) is 5.80. The minimum absolute atomic E-state index is 0.115. The molecule has 152 valence electrons. The Balaban J connectivity index is 1.81. The summed E-state index contributed by atoms with van der Waals surface area (Å²) in [5, 5.41) is 8.98. The minimum atomic E-state index is -2.99. The van der Waals surface area contributed by atoms with E-state index in [1.807, 2.05) is 0 Å². The lowest BCUT2D eigenvalue weighted by Gasteiger charge is -2.49. The maximum Gasteiger partial charge on any atom is 0.261 e. The van der Waals surface area contributed by atoms with Crippen molar-refractivity contribution in [3.05, 3.63) is 35.1 Å². The number of nitriles is 1. The highest BCUT2D eigenvalue weighted by atomic mass is 19.3. The second-order valence-corrected chi connectivity index (χ2v) is 7.77. The third-order valence-electron chi connectivity index (χ3n) is 5.53. The van der Waals surface area contributed by atoms with Crippen molar-refractivity contribution in [2.24, 2.45) is 5.41 Å². The molecule has 2 heterocycles. The Kier molecular flexibility index (Phi) is 5.96. The van der Waals surface area contributed by atoms with Crippen molar-refractivity contribution < 1.29 is 22.7 Å². The smallest absolute Gasteiger partial charge is 0.261 e. The first-order chi connectivity index (χ1) is 13.3. The maximum absolute atomic E-state index is 14.6. The molecule has 0 N–H and O–H groups in total. The monoisotopic (exact) mass is 395 g/mol. The van der Waals surface area contributed by atoms with E-state index in [-0.39, 0.29) is 24.6 Å². The third-order valence-corrected chi connectivity index (χ3v) is 5.53. The number of hydrogen-bond acceptors (Lipinski definition) is 4. The Morgan fingerprint density at radius 1 is 1.32 bits per heavy atom. The van der Waals surface area contributed by atoms with Gasteiger partial charge in [-0.25, -0.2) is 13.2 Å². The van der Waals surface area contributed by atoms with E-state index < -0.39 is 30.1 Å². The average molecular weight is 395 g/mol. The quantitative estimate of drug-likeness (QED) is 0.769. The van der Waals surface area contributed by atoms with Crippen molar-refractivity contribution in [3.63, 3.8) is 0 Å². The zero-order chi connectivity index (χ0) is 20.4. The normalized spacial score (nSPS) is 25.1. The van der Waals surface area contributed by atoms with Gasteiger partial charge in [-0.3, -0.25) is 9.69 Å². The maximum atomic E-state index is 14.6. The zero-order valence-electron chi connectivity index (χ0n) is 15.9. The molecule has 1 spiro atoms. The highest BCUT2D eigenvalue weighted by Crippen LogP contribution is 2.45. The number of alkyl halides is 2. The van der Waals surface area contributed by atoms with Crippen molar-refractivity contribution in [1.29, 1.82) is 5.26 Å². The van der Waals surface area contributed by atoms with Gasteiger partial charge in [0.05, 0.1) is 24.1 Å². The molecular formula is C20H24F3N3O2. The van der Waals surface area contributed by atoms with Gasteiger partial charge in [-0.15, -0.1) is 0 Å². The zero-order valence-corrected chi connectivity index (χ0v) is 15.9. The van der Waals surface area contributed by atoms with Crippen molar-refractivity contribution >= 4 is 5.91 Å². The van der Waals surface area contributed by atoms with Crippen molar-refractivity contribution in [3.8, 4) is 6.07 Å². The lowest BCUT2D eigenvalue weighted by Crippen LogP contribution is -2.61. The number of ether oxygens (including phenoxy) is 1. The standard InChI is InChI=1S/C20H24F3N3O2/c1-28-8-7-26-6-2-5-19(18(26)27)12-20(22,23)14-25(13-19)11-15-3-4-17(21)16(9-15)10-24/h3-4,9H,2,5-8,11-14H2,1H3/t19-/m1/s1. The molecule has 5 nitrogen and oxygen atoms in total. The summed E-state index contributed by atoms with van der Waals surface area (Å²) in [5.41, 5.74) is -0.660. The predicted octanol–water partition coefficient (Wildman–Crippen LogP) is 2.79. The Morgan fingerprint density at radius 2 is 2.11 bits per heavy atom. The number of benzene rings is 1. The number of amides is 1. The van der Waals surface area contributed by atoms with E-state index in [2.05, 4.69) is 0 Å². The van der Waals surface area contributed by atoms with Gasteiger partial charge in [-0.05, 0) is 30.5 Å². The second-order valence-electron chi connectivity index (χ2n) is 7.77. The molecule has 1 amide bonds. The fraction of sp³-hybridized carbons (Fsp3) is 0.600. The fourth-order valence-electron chi connectivity index (χ4n) is 4.42. The Bertz CT molecular complexity index is 780. The Labute approximate surface area is 162 Å². The van der Waals surface area contributed by atoms with Crippen LogP contribution in [-0.4, -0.2) is 61.5 Å². The number of rotatable bonds is 5. The summed E-state index contributed by atoms with van der Waals surface area (Å²) < 4.78 is 47.8. The van der Waals surface area contributed by atoms with Crippen LogP contribution in [0.25, 0.3) is 0 Å². The average Bonchev–Trinajstić information content (AvgIpc) is 2.63. The van der Waals surface area contributed by atoms with Crippen LogP contribution in [0, 0.1) is 22.6 Å². The molecule has 2 saturated heterocycles. The third kappa shape index (κ3) is 4.31. The van der Waals surface area contributed by atoms with E-state index in [1.165, 1.54) is 18.2 Å². The van der Waals surface area contributed by atoms with Crippen molar-refractivity contribution in [1.82, 2.24) is 9.80 Å². The van der Waals surface area contributed by atoms with Crippen molar-refractivity contribution in [2.45, 2.75) is 31.7 Å². The summed E-state index contributed by atoms with van der Waals surface area (Å²) in [5.74, 6) is -3.86. The number of piperidine rings is 2. The van der Waals surface area contributed by atoms with Crippen molar-refractivity contribution in [2.75, 3.05) is 39.9 Å². The molecule has 3 rings (SSSR count). The minimum Gasteiger partial charge on any atom is -0.383 e. The molecule has 0 saturated carbocycles. The van der Waals surface area contributed by atoms with Gasteiger partial charge in [0.25, 0.3) is 5.92 Å². The van der Waals surface area contributed by atoms with Crippen LogP contribution in [0.15, 0.2) is 18.2 Å².